The Morgan fingerprint density at radius 3 is 2.74 bits per heavy atom. The van der Waals surface area contributed by atoms with Crippen molar-refractivity contribution in [3.8, 4) is 23.0 Å². The predicted molar refractivity (Wildman–Crippen MR) is 126 cm³/mol. The summed E-state index contributed by atoms with van der Waals surface area (Å²) in [4.78, 5) is 16.8. The molecule has 1 aliphatic carbocycles. The van der Waals surface area contributed by atoms with E-state index >= 15 is 0 Å². The molecule has 0 spiro atoms. The number of aromatic amines is 1. The molecule has 1 aliphatic rings. The van der Waals surface area contributed by atoms with E-state index in [0.29, 0.717) is 6.04 Å². The number of imidazole rings is 1. The Hall–Kier alpha value is -2.93. The molecule has 0 aliphatic heterocycles. The van der Waals surface area contributed by atoms with Crippen molar-refractivity contribution in [1.82, 2.24) is 19.9 Å². The first kappa shape index (κ1) is 20.0. The first-order valence-electron chi connectivity index (χ1n) is 11.0. The van der Waals surface area contributed by atoms with Crippen LogP contribution in [0.15, 0.2) is 42.7 Å². The maximum atomic E-state index is 6.12. The zero-order valence-electron chi connectivity index (χ0n) is 17.9. The van der Waals surface area contributed by atoms with Crippen LogP contribution in [0.2, 0.25) is 0 Å². The molecular formula is C24H27N5OS. The van der Waals surface area contributed by atoms with Crippen molar-refractivity contribution in [2.75, 3.05) is 5.32 Å². The van der Waals surface area contributed by atoms with Crippen molar-refractivity contribution < 1.29 is 4.74 Å². The van der Waals surface area contributed by atoms with Gasteiger partial charge in [-0.2, -0.15) is 0 Å². The first-order valence-corrected chi connectivity index (χ1v) is 11.8. The van der Waals surface area contributed by atoms with E-state index in [1.807, 2.05) is 37.4 Å². The number of ether oxygens (including phenoxy) is 1. The van der Waals surface area contributed by atoms with Gasteiger partial charge in [-0.25, -0.2) is 9.97 Å². The highest BCUT2D eigenvalue weighted by molar-refractivity contribution is 7.22. The lowest BCUT2D eigenvalue weighted by Gasteiger charge is -2.28. The zero-order chi connectivity index (χ0) is 21.2. The molecule has 1 fully saturated rings. The Kier molecular flexibility index (Phi) is 5.59. The van der Waals surface area contributed by atoms with E-state index in [0.717, 1.165) is 50.0 Å². The molecule has 7 heteroatoms. The summed E-state index contributed by atoms with van der Waals surface area (Å²) in [5.74, 6) is 3.00. The number of nitrogens with zero attached hydrogens (tertiary/aromatic N) is 3. The highest BCUT2D eigenvalue weighted by Gasteiger charge is 2.21. The third kappa shape index (κ3) is 4.56. The standard InChI is InChI=1S/C24H27N5OS/c1-15-14-26-23(27-15)21-12-19(10-11-25-21)30-18-8-9-20-22(13-18)31-24(29-20)28-16(2)17-6-4-3-5-7-17/h8-14,16-17H,3-7H2,1-2H3,(H,26,27)(H,28,29). The summed E-state index contributed by atoms with van der Waals surface area (Å²) in [5.41, 5.74) is 2.69. The number of nitrogens with one attached hydrogen (secondary N) is 2. The average Bonchev–Trinajstić information content (AvgIpc) is 3.40. The summed E-state index contributed by atoms with van der Waals surface area (Å²) in [7, 11) is 0. The largest absolute Gasteiger partial charge is 0.457 e. The normalized spacial score (nSPS) is 15.8. The number of hydrogen-bond acceptors (Lipinski definition) is 6. The van der Waals surface area contributed by atoms with Gasteiger partial charge in [0.2, 0.25) is 0 Å². The molecule has 1 saturated carbocycles. The summed E-state index contributed by atoms with van der Waals surface area (Å²) in [6, 6.07) is 10.3. The molecule has 2 N–H and O–H groups in total. The Morgan fingerprint density at radius 2 is 1.94 bits per heavy atom. The van der Waals surface area contributed by atoms with Crippen LogP contribution in [0.3, 0.4) is 0 Å². The Bertz CT molecular complexity index is 1180. The molecule has 1 unspecified atom stereocenters. The lowest BCUT2D eigenvalue weighted by Crippen LogP contribution is -2.27. The summed E-state index contributed by atoms with van der Waals surface area (Å²) in [6.45, 7) is 4.24. The van der Waals surface area contributed by atoms with Crippen LogP contribution in [0.4, 0.5) is 5.13 Å². The quantitative estimate of drug-likeness (QED) is 0.360. The van der Waals surface area contributed by atoms with E-state index in [9.17, 15) is 0 Å². The topological polar surface area (TPSA) is 75.7 Å². The fourth-order valence-corrected chi connectivity index (χ4v) is 5.25. The SMILES string of the molecule is Cc1c[nH]c(-c2cc(Oc3ccc4nc(NC(C)C5CCCCC5)sc4c3)ccn2)n1. The van der Waals surface area contributed by atoms with Gasteiger partial charge in [-0.1, -0.05) is 30.6 Å². The third-order valence-electron chi connectivity index (χ3n) is 5.98. The number of thiazole rings is 1. The van der Waals surface area contributed by atoms with Crippen molar-refractivity contribution in [2.24, 2.45) is 5.92 Å². The zero-order valence-corrected chi connectivity index (χ0v) is 18.7. The van der Waals surface area contributed by atoms with Gasteiger partial charge in [0, 0.05) is 30.6 Å². The molecule has 4 aromatic rings. The van der Waals surface area contributed by atoms with E-state index in [-0.39, 0.29) is 0 Å². The Balaban J connectivity index is 1.31. The Labute approximate surface area is 186 Å². The van der Waals surface area contributed by atoms with Crippen LogP contribution in [-0.2, 0) is 0 Å². The van der Waals surface area contributed by atoms with Crippen LogP contribution < -0.4 is 10.1 Å². The summed E-state index contributed by atoms with van der Waals surface area (Å²) < 4.78 is 7.24. The van der Waals surface area contributed by atoms with Crippen LogP contribution >= 0.6 is 11.3 Å². The first-order chi connectivity index (χ1) is 15.1. The number of anilines is 1. The number of benzene rings is 1. The van der Waals surface area contributed by atoms with Gasteiger partial charge in [-0.05, 0) is 50.8 Å². The van der Waals surface area contributed by atoms with Crippen molar-refractivity contribution in [3.05, 3.63) is 48.4 Å². The van der Waals surface area contributed by atoms with Gasteiger partial charge in [-0.3, -0.25) is 4.98 Å². The van der Waals surface area contributed by atoms with Crippen LogP contribution in [0, 0.1) is 12.8 Å². The summed E-state index contributed by atoms with van der Waals surface area (Å²) in [5, 5.41) is 4.64. The molecule has 0 radical (unpaired) electrons. The van der Waals surface area contributed by atoms with Crippen molar-refractivity contribution in [2.45, 2.75) is 52.0 Å². The monoisotopic (exact) mass is 433 g/mol. The number of aryl methyl sites for hydroxylation is 1. The number of hydrogen-bond donors (Lipinski definition) is 2. The molecular weight excluding hydrogens is 406 g/mol. The number of pyridine rings is 1. The van der Waals surface area contributed by atoms with E-state index < -0.39 is 0 Å². The number of H-pyrrole nitrogens is 1. The highest BCUT2D eigenvalue weighted by atomic mass is 32.1. The molecule has 160 valence electrons. The molecule has 6 nitrogen and oxygen atoms in total. The van der Waals surface area contributed by atoms with Crippen LogP contribution in [0.25, 0.3) is 21.7 Å². The van der Waals surface area contributed by atoms with Crippen LogP contribution in [0.5, 0.6) is 11.5 Å². The van der Waals surface area contributed by atoms with Crippen molar-refractivity contribution >= 4 is 26.7 Å². The molecule has 5 rings (SSSR count). The lowest BCUT2D eigenvalue weighted by molar-refractivity contribution is 0.328. The fourth-order valence-electron chi connectivity index (χ4n) is 4.26. The highest BCUT2D eigenvalue weighted by Crippen LogP contribution is 2.34. The molecule has 3 heterocycles. The molecule has 0 amide bonds. The van der Waals surface area contributed by atoms with Crippen LogP contribution in [-0.4, -0.2) is 26.0 Å². The minimum atomic E-state index is 0.456. The minimum Gasteiger partial charge on any atom is -0.457 e. The summed E-state index contributed by atoms with van der Waals surface area (Å²) >= 11 is 1.69. The molecule has 3 aromatic heterocycles. The maximum Gasteiger partial charge on any atom is 0.184 e. The van der Waals surface area contributed by atoms with Gasteiger partial charge in [0.1, 0.15) is 17.2 Å². The second-order valence-electron chi connectivity index (χ2n) is 8.35. The second kappa shape index (κ2) is 8.67. The van der Waals surface area contributed by atoms with Gasteiger partial charge in [-0.15, -0.1) is 0 Å². The smallest absolute Gasteiger partial charge is 0.184 e. The fraction of sp³-hybridized carbons (Fsp3) is 0.375. The van der Waals surface area contributed by atoms with Gasteiger partial charge in [0.15, 0.2) is 11.0 Å². The predicted octanol–water partition coefficient (Wildman–Crippen LogP) is 6.56. The number of aromatic nitrogens is 4. The van der Waals surface area contributed by atoms with Crippen molar-refractivity contribution in [3.63, 3.8) is 0 Å². The van der Waals surface area contributed by atoms with E-state index in [4.69, 9.17) is 9.72 Å². The number of fused-ring (bicyclic) bond motifs is 1. The van der Waals surface area contributed by atoms with Gasteiger partial charge < -0.3 is 15.0 Å². The van der Waals surface area contributed by atoms with E-state index in [1.165, 1.54) is 32.1 Å². The van der Waals surface area contributed by atoms with E-state index in [2.05, 4.69) is 33.3 Å². The van der Waals surface area contributed by atoms with Gasteiger partial charge >= 0.3 is 0 Å². The van der Waals surface area contributed by atoms with Crippen LogP contribution in [0.1, 0.15) is 44.7 Å². The second-order valence-corrected chi connectivity index (χ2v) is 9.38. The van der Waals surface area contributed by atoms with Gasteiger partial charge in [0.05, 0.1) is 15.9 Å². The number of rotatable bonds is 6. The lowest BCUT2D eigenvalue weighted by atomic mass is 9.85. The summed E-state index contributed by atoms with van der Waals surface area (Å²) in [6.07, 6.45) is 10.3. The molecule has 1 aromatic carbocycles. The Morgan fingerprint density at radius 1 is 1.10 bits per heavy atom. The molecule has 0 bridgehead atoms. The van der Waals surface area contributed by atoms with Gasteiger partial charge in [0.25, 0.3) is 0 Å². The van der Waals surface area contributed by atoms with E-state index in [1.54, 1.807) is 17.5 Å². The molecule has 1 atom stereocenters. The molecule has 31 heavy (non-hydrogen) atoms. The average molecular weight is 434 g/mol. The van der Waals surface area contributed by atoms with Crippen molar-refractivity contribution in [1.29, 1.82) is 0 Å². The maximum absolute atomic E-state index is 6.12. The minimum absolute atomic E-state index is 0.456. The third-order valence-corrected chi connectivity index (χ3v) is 6.93. The molecule has 0 saturated heterocycles.